The summed E-state index contributed by atoms with van der Waals surface area (Å²) in [5, 5.41) is 15.6. The van der Waals surface area contributed by atoms with Crippen molar-refractivity contribution in [1.82, 2.24) is 0 Å². The van der Waals surface area contributed by atoms with E-state index in [4.69, 9.17) is 0 Å². The van der Waals surface area contributed by atoms with Crippen LogP contribution in [-0.2, 0) is 5.41 Å². The number of hydrogen-bond donors (Lipinski definition) is 0. The van der Waals surface area contributed by atoms with Gasteiger partial charge in [-0.25, -0.2) is 0 Å². The lowest BCUT2D eigenvalue weighted by Gasteiger charge is -2.25. The van der Waals surface area contributed by atoms with Crippen molar-refractivity contribution in [2.24, 2.45) is 0 Å². The summed E-state index contributed by atoms with van der Waals surface area (Å²) in [6.45, 7) is 4.89. The molecule has 0 spiro atoms. The van der Waals surface area contributed by atoms with Crippen molar-refractivity contribution in [3.05, 3.63) is 205 Å². The van der Waals surface area contributed by atoms with E-state index in [2.05, 4.69) is 208 Å². The van der Waals surface area contributed by atoms with Crippen molar-refractivity contribution in [1.29, 1.82) is 0 Å². The van der Waals surface area contributed by atoms with E-state index in [0.717, 1.165) is 0 Å². The van der Waals surface area contributed by atoms with Crippen molar-refractivity contribution in [2.45, 2.75) is 19.3 Å². The monoisotopic (exact) mass is 722 g/mol. The zero-order chi connectivity index (χ0) is 37.8. The van der Waals surface area contributed by atoms with E-state index >= 15 is 0 Å². The van der Waals surface area contributed by atoms with Crippen molar-refractivity contribution >= 4 is 64.6 Å². The Kier molecular flexibility index (Phi) is 6.78. The standard InChI is InChI=1S/C57H38/c1-57(2)51-34-50(42-19-6-8-20-43(42)54(51)55-44-21-9-5-17-40(44)41-18-7-14-26-49(41)56(55)57)53-47-24-12-10-22-45(47)52(46-23-11-13-25-48(46)53)37-30-27-36(28-31-37)39-32-29-35-15-3-4-16-38(35)33-39/h3-34H,1-2H3. The highest BCUT2D eigenvalue weighted by atomic mass is 14.4. The first-order chi connectivity index (χ1) is 28.1. The van der Waals surface area contributed by atoms with Crippen LogP contribution < -0.4 is 0 Å². The average Bonchev–Trinajstić information content (AvgIpc) is 3.52. The molecule has 1 aliphatic carbocycles. The Labute approximate surface area is 332 Å². The molecule has 0 amide bonds. The molecule has 12 rings (SSSR count). The van der Waals surface area contributed by atoms with Crippen LogP contribution in [0.15, 0.2) is 194 Å². The topological polar surface area (TPSA) is 0 Å². The molecule has 57 heavy (non-hydrogen) atoms. The highest BCUT2D eigenvalue weighted by Crippen LogP contribution is 2.58. The molecule has 0 fully saturated rings. The zero-order valence-electron chi connectivity index (χ0n) is 32.0. The summed E-state index contributed by atoms with van der Waals surface area (Å²) in [4.78, 5) is 0. The fraction of sp³-hybridized carbons (Fsp3) is 0.0526. The summed E-state index contributed by atoms with van der Waals surface area (Å²) < 4.78 is 0. The number of hydrogen-bond acceptors (Lipinski definition) is 0. The van der Waals surface area contributed by atoms with E-state index in [9.17, 15) is 0 Å². The summed E-state index contributed by atoms with van der Waals surface area (Å²) in [5.74, 6) is 0. The van der Waals surface area contributed by atoms with Crippen LogP contribution in [0.5, 0.6) is 0 Å². The lowest BCUT2D eigenvalue weighted by Crippen LogP contribution is -2.16. The summed E-state index contributed by atoms with van der Waals surface area (Å²) in [6, 6.07) is 72.5. The largest absolute Gasteiger partial charge is 0.0616 e. The summed E-state index contributed by atoms with van der Waals surface area (Å²) >= 11 is 0. The predicted octanol–water partition coefficient (Wildman–Crippen LogP) is 15.9. The lowest BCUT2D eigenvalue weighted by atomic mass is 9.77. The van der Waals surface area contributed by atoms with E-state index < -0.39 is 0 Å². The van der Waals surface area contributed by atoms with Gasteiger partial charge in [-0.05, 0) is 132 Å². The number of fused-ring (bicyclic) bond motifs is 13. The Morgan fingerprint density at radius 3 is 1.32 bits per heavy atom. The Hall–Kier alpha value is -7.02. The van der Waals surface area contributed by atoms with E-state index in [1.54, 1.807) is 0 Å². The van der Waals surface area contributed by atoms with Gasteiger partial charge in [0.05, 0.1) is 0 Å². The van der Waals surface area contributed by atoms with E-state index in [0.29, 0.717) is 0 Å². The van der Waals surface area contributed by atoms with Crippen LogP contribution in [0.4, 0.5) is 0 Å². The van der Waals surface area contributed by atoms with Gasteiger partial charge in [-0.2, -0.15) is 0 Å². The molecular formula is C57H38. The van der Waals surface area contributed by atoms with Gasteiger partial charge in [0.1, 0.15) is 0 Å². The molecule has 1 aliphatic rings. The second-order valence-corrected chi connectivity index (χ2v) is 16.3. The first-order valence-corrected chi connectivity index (χ1v) is 20.1. The maximum absolute atomic E-state index is 2.56. The smallest absolute Gasteiger partial charge is 0.0165 e. The van der Waals surface area contributed by atoms with Gasteiger partial charge in [-0.1, -0.05) is 196 Å². The molecule has 0 N–H and O–H groups in total. The van der Waals surface area contributed by atoms with Gasteiger partial charge in [0.15, 0.2) is 0 Å². The van der Waals surface area contributed by atoms with Gasteiger partial charge in [-0.15, -0.1) is 0 Å². The summed E-state index contributed by atoms with van der Waals surface area (Å²) in [6.07, 6.45) is 0. The maximum Gasteiger partial charge on any atom is 0.0165 e. The molecule has 0 radical (unpaired) electrons. The molecule has 0 aliphatic heterocycles. The van der Waals surface area contributed by atoms with Crippen LogP contribution in [0.2, 0.25) is 0 Å². The van der Waals surface area contributed by atoms with E-state index in [-0.39, 0.29) is 5.41 Å². The molecule has 0 nitrogen and oxygen atoms in total. The van der Waals surface area contributed by atoms with Gasteiger partial charge in [0.25, 0.3) is 0 Å². The summed E-state index contributed by atoms with van der Waals surface area (Å²) in [7, 11) is 0. The molecule has 266 valence electrons. The molecule has 0 unspecified atom stereocenters. The lowest BCUT2D eigenvalue weighted by molar-refractivity contribution is 0.667. The fourth-order valence-electron chi connectivity index (χ4n) is 10.5. The number of benzene rings is 11. The molecular weight excluding hydrogens is 685 g/mol. The molecule has 0 aromatic heterocycles. The van der Waals surface area contributed by atoms with Crippen LogP contribution >= 0.6 is 0 Å². The van der Waals surface area contributed by atoms with Crippen molar-refractivity contribution in [3.8, 4) is 44.5 Å². The zero-order valence-corrected chi connectivity index (χ0v) is 32.0. The minimum absolute atomic E-state index is 0.217. The molecule has 0 saturated heterocycles. The van der Waals surface area contributed by atoms with Crippen LogP contribution in [-0.4, -0.2) is 0 Å². The van der Waals surface area contributed by atoms with Crippen LogP contribution in [0.25, 0.3) is 109 Å². The first-order valence-electron chi connectivity index (χ1n) is 20.1. The fourth-order valence-corrected chi connectivity index (χ4v) is 10.5. The van der Waals surface area contributed by atoms with Gasteiger partial charge >= 0.3 is 0 Å². The molecule has 0 heterocycles. The normalized spacial score (nSPS) is 13.2. The average molecular weight is 723 g/mol. The Morgan fingerprint density at radius 1 is 0.281 bits per heavy atom. The second kappa shape index (κ2) is 12.0. The van der Waals surface area contributed by atoms with Crippen molar-refractivity contribution < 1.29 is 0 Å². The van der Waals surface area contributed by atoms with Gasteiger partial charge in [-0.3, -0.25) is 0 Å². The molecule has 11 aromatic carbocycles. The maximum atomic E-state index is 2.56. The number of rotatable bonds is 3. The third-order valence-electron chi connectivity index (χ3n) is 13.0. The van der Waals surface area contributed by atoms with Crippen LogP contribution in [0.3, 0.4) is 0 Å². The highest BCUT2D eigenvalue weighted by Gasteiger charge is 2.40. The minimum Gasteiger partial charge on any atom is -0.0616 e. The highest BCUT2D eigenvalue weighted by molar-refractivity contribution is 6.26. The minimum atomic E-state index is -0.217. The van der Waals surface area contributed by atoms with Crippen LogP contribution in [0.1, 0.15) is 25.0 Å². The van der Waals surface area contributed by atoms with Gasteiger partial charge in [0, 0.05) is 5.41 Å². The first kappa shape index (κ1) is 32.2. The Balaban J connectivity index is 1.12. The van der Waals surface area contributed by atoms with Gasteiger partial charge < -0.3 is 0 Å². The molecule has 0 bridgehead atoms. The van der Waals surface area contributed by atoms with E-state index in [1.807, 2.05) is 0 Å². The molecule has 0 heteroatoms. The molecule has 11 aromatic rings. The quantitative estimate of drug-likeness (QED) is 0.126. The van der Waals surface area contributed by atoms with Gasteiger partial charge in [0.2, 0.25) is 0 Å². The van der Waals surface area contributed by atoms with Crippen molar-refractivity contribution in [2.75, 3.05) is 0 Å². The van der Waals surface area contributed by atoms with E-state index in [1.165, 1.54) is 120 Å². The SMILES string of the molecule is CC1(C)c2cc(-c3c4ccccc4c(-c4ccc(-c5ccc6ccccc6c5)cc4)c4ccccc34)c3ccccc3c2-c2c1c1ccccc1c1ccccc21. The Bertz CT molecular complexity index is 3410. The predicted molar refractivity (Wildman–Crippen MR) is 245 cm³/mol. The third kappa shape index (κ3) is 4.56. The molecule has 0 saturated carbocycles. The second-order valence-electron chi connectivity index (χ2n) is 16.3. The summed E-state index contributed by atoms with van der Waals surface area (Å²) in [5.41, 5.74) is 13.0. The third-order valence-corrected chi connectivity index (χ3v) is 13.0. The Morgan fingerprint density at radius 2 is 0.702 bits per heavy atom. The molecule has 0 atom stereocenters. The van der Waals surface area contributed by atoms with Crippen molar-refractivity contribution in [3.63, 3.8) is 0 Å². The van der Waals surface area contributed by atoms with Crippen LogP contribution in [0, 0.1) is 0 Å².